The van der Waals surface area contributed by atoms with Crippen molar-refractivity contribution in [2.24, 2.45) is 0 Å². The zero-order valence-corrected chi connectivity index (χ0v) is 21.7. The van der Waals surface area contributed by atoms with Gasteiger partial charge in [-0.25, -0.2) is 8.51 Å². The van der Waals surface area contributed by atoms with Gasteiger partial charge >= 0.3 is 0 Å². The van der Waals surface area contributed by atoms with Crippen LogP contribution in [0.1, 0.15) is 11.6 Å². The minimum Gasteiger partial charge on any atom is -0.361 e. The lowest BCUT2D eigenvalue weighted by Gasteiger charge is -2.42. The highest BCUT2D eigenvalue weighted by Gasteiger charge is 2.33. The first kappa shape index (κ1) is 24.4. The fourth-order valence-electron chi connectivity index (χ4n) is 3.66. The van der Waals surface area contributed by atoms with Crippen molar-refractivity contribution in [2.75, 3.05) is 24.5 Å². The Labute approximate surface area is 219 Å². The van der Waals surface area contributed by atoms with Crippen LogP contribution in [-0.4, -0.2) is 28.1 Å². The second-order valence-corrected chi connectivity index (χ2v) is 11.1. The Morgan fingerprint density at radius 1 is 0.750 bits per heavy atom. The Kier molecular flexibility index (Phi) is 7.86. The number of hydrogen-bond donors (Lipinski definition) is 0. The molecule has 32 heavy (non-hydrogen) atoms. The third-order valence-corrected chi connectivity index (χ3v) is 8.95. The van der Waals surface area contributed by atoms with Gasteiger partial charge in [-0.05, 0) is 48.0 Å². The summed E-state index contributed by atoms with van der Waals surface area (Å²) in [5.41, 5.74) is 1.87. The third-order valence-electron chi connectivity index (χ3n) is 5.24. The highest BCUT2D eigenvalue weighted by molar-refractivity contribution is 7.82. The number of piperazine rings is 1. The van der Waals surface area contributed by atoms with Crippen molar-refractivity contribution in [1.29, 1.82) is 0 Å². The van der Waals surface area contributed by atoms with Crippen molar-refractivity contribution in [3.05, 3.63) is 90.3 Å². The van der Waals surface area contributed by atoms with E-state index in [0.29, 0.717) is 44.6 Å². The molecule has 0 aliphatic carbocycles. The lowest BCUT2D eigenvalue weighted by Crippen LogP contribution is -2.49. The number of anilines is 1. The van der Waals surface area contributed by atoms with E-state index in [1.54, 1.807) is 18.2 Å². The maximum atomic E-state index is 13.4. The van der Waals surface area contributed by atoms with Gasteiger partial charge in [0.1, 0.15) is 11.0 Å². The fraction of sp³-hybridized carbons (Fsp3) is 0.182. The van der Waals surface area contributed by atoms with Crippen LogP contribution in [0.25, 0.3) is 0 Å². The molecule has 1 fully saturated rings. The Morgan fingerprint density at radius 3 is 2.12 bits per heavy atom. The molecule has 2 atom stereocenters. The molecule has 0 aromatic heterocycles. The molecule has 2 unspecified atom stereocenters. The van der Waals surface area contributed by atoms with Crippen molar-refractivity contribution in [1.82, 2.24) is 4.31 Å². The quantitative estimate of drug-likeness (QED) is 0.296. The molecule has 3 aromatic carbocycles. The van der Waals surface area contributed by atoms with Gasteiger partial charge in [0.2, 0.25) is 0 Å². The average molecular weight is 569 g/mol. The van der Waals surface area contributed by atoms with Gasteiger partial charge in [0.15, 0.2) is 0 Å². The van der Waals surface area contributed by atoms with Crippen LogP contribution in [0.5, 0.6) is 0 Å². The molecule has 1 aliphatic heterocycles. The van der Waals surface area contributed by atoms with Gasteiger partial charge in [0, 0.05) is 29.7 Å². The maximum Gasteiger partial charge on any atom is 0.129 e. The molecule has 0 N–H and O–H groups in total. The zero-order valence-electron chi connectivity index (χ0n) is 16.4. The van der Waals surface area contributed by atoms with Gasteiger partial charge in [-0.1, -0.05) is 81.7 Å². The van der Waals surface area contributed by atoms with Crippen molar-refractivity contribution in [3.8, 4) is 0 Å². The van der Waals surface area contributed by atoms with E-state index in [4.69, 9.17) is 69.6 Å². The number of nitrogens with zero attached hydrogens (tertiary/aromatic N) is 2. The minimum absolute atomic E-state index is 0.134. The van der Waals surface area contributed by atoms with Crippen LogP contribution in [0.15, 0.2) is 59.5 Å². The van der Waals surface area contributed by atoms with Crippen molar-refractivity contribution < 1.29 is 4.21 Å². The Hall–Kier alpha value is -0.690. The molecule has 1 aliphatic rings. The van der Waals surface area contributed by atoms with Crippen LogP contribution >= 0.6 is 69.6 Å². The summed E-state index contributed by atoms with van der Waals surface area (Å²) in [6.07, 6.45) is 0. The lowest BCUT2D eigenvalue weighted by molar-refractivity contribution is 0.352. The van der Waals surface area contributed by atoms with E-state index in [1.807, 2.05) is 40.7 Å². The maximum absolute atomic E-state index is 13.4. The molecule has 0 radical (unpaired) electrons. The third kappa shape index (κ3) is 5.03. The summed E-state index contributed by atoms with van der Waals surface area (Å²) in [6.45, 7) is 1.56. The number of halogens is 6. The van der Waals surface area contributed by atoms with E-state index < -0.39 is 11.0 Å². The van der Waals surface area contributed by atoms with E-state index in [9.17, 15) is 4.21 Å². The van der Waals surface area contributed by atoms with Crippen LogP contribution in [0, 0.1) is 0 Å². The summed E-state index contributed by atoms with van der Waals surface area (Å²) in [4.78, 5) is 2.61. The molecule has 0 spiro atoms. The van der Waals surface area contributed by atoms with Crippen LogP contribution < -0.4 is 4.90 Å². The second-order valence-electron chi connectivity index (χ2n) is 7.17. The molecule has 168 valence electrons. The Balaban J connectivity index is 1.69. The second kappa shape index (κ2) is 10.3. The molecule has 3 nitrogen and oxygen atoms in total. The van der Waals surface area contributed by atoms with E-state index >= 15 is 0 Å². The molecule has 1 saturated heterocycles. The van der Waals surface area contributed by atoms with Gasteiger partial charge in [-0.15, -0.1) is 0 Å². The summed E-state index contributed by atoms with van der Waals surface area (Å²) in [6, 6.07) is 16.1. The first-order valence-electron chi connectivity index (χ1n) is 9.53. The minimum atomic E-state index is -1.53. The summed E-state index contributed by atoms with van der Waals surface area (Å²) >= 11 is 37.3. The van der Waals surface area contributed by atoms with Crippen molar-refractivity contribution >= 4 is 86.3 Å². The fourth-order valence-corrected chi connectivity index (χ4v) is 6.34. The number of rotatable bonds is 4. The molecule has 0 amide bonds. The first-order chi connectivity index (χ1) is 15.3. The number of benzene rings is 3. The lowest BCUT2D eigenvalue weighted by atomic mass is 10.0. The Morgan fingerprint density at radius 2 is 1.44 bits per heavy atom. The summed E-state index contributed by atoms with van der Waals surface area (Å²) in [5, 5.41) is 2.47. The molecule has 0 bridgehead atoms. The molecule has 10 heteroatoms. The standard InChI is InChI=1S/C22H16Cl6N2OS/c23-14-3-1-13(2-4-14)19-12-29(32(31)20-8-6-16(25)21(27)22(20)28)9-10-30(19)18-7-5-15(24)11-17(18)26/h1-8,11,19H,9-10,12H2. The van der Waals surface area contributed by atoms with E-state index in [1.165, 1.54) is 0 Å². The van der Waals surface area contributed by atoms with E-state index in [-0.39, 0.29) is 16.1 Å². The van der Waals surface area contributed by atoms with Crippen LogP contribution in [0.4, 0.5) is 5.69 Å². The van der Waals surface area contributed by atoms with Crippen LogP contribution in [-0.2, 0) is 11.0 Å². The van der Waals surface area contributed by atoms with E-state index in [2.05, 4.69) is 4.90 Å². The van der Waals surface area contributed by atoms with Crippen molar-refractivity contribution in [2.45, 2.75) is 10.9 Å². The average Bonchev–Trinajstić information content (AvgIpc) is 2.78. The van der Waals surface area contributed by atoms with Gasteiger partial charge in [-0.3, -0.25) is 0 Å². The summed E-state index contributed by atoms with van der Waals surface area (Å²) in [7, 11) is -1.53. The predicted molar refractivity (Wildman–Crippen MR) is 137 cm³/mol. The summed E-state index contributed by atoms with van der Waals surface area (Å²) in [5.74, 6) is 0. The largest absolute Gasteiger partial charge is 0.361 e. The van der Waals surface area contributed by atoms with Gasteiger partial charge in [0.05, 0.1) is 36.7 Å². The molecular formula is C22H16Cl6N2OS. The van der Waals surface area contributed by atoms with Gasteiger partial charge < -0.3 is 4.90 Å². The monoisotopic (exact) mass is 566 g/mol. The van der Waals surface area contributed by atoms with E-state index in [0.717, 1.165) is 11.3 Å². The molecule has 3 aromatic rings. The summed E-state index contributed by atoms with van der Waals surface area (Å²) < 4.78 is 15.3. The first-order valence-corrected chi connectivity index (χ1v) is 12.9. The molecular weight excluding hydrogens is 553 g/mol. The Bertz CT molecular complexity index is 1170. The predicted octanol–water partition coefficient (Wildman–Crippen LogP) is 8.19. The topological polar surface area (TPSA) is 23.6 Å². The smallest absolute Gasteiger partial charge is 0.129 e. The van der Waals surface area contributed by atoms with Gasteiger partial charge in [-0.2, -0.15) is 0 Å². The molecule has 4 rings (SSSR count). The highest BCUT2D eigenvalue weighted by atomic mass is 35.5. The molecule has 0 saturated carbocycles. The molecule has 1 heterocycles. The zero-order chi connectivity index (χ0) is 23.0. The van der Waals surface area contributed by atoms with Gasteiger partial charge in [0.25, 0.3) is 0 Å². The SMILES string of the molecule is O=S(c1ccc(Cl)c(Cl)c1Cl)N1CCN(c2ccc(Cl)cc2Cl)C(c2ccc(Cl)cc2)C1. The number of hydrogen-bond acceptors (Lipinski definition) is 2. The normalized spacial score (nSPS) is 18.1. The van der Waals surface area contributed by atoms with Crippen molar-refractivity contribution in [3.63, 3.8) is 0 Å². The highest BCUT2D eigenvalue weighted by Crippen LogP contribution is 2.39. The van der Waals surface area contributed by atoms with Crippen LogP contribution in [0.3, 0.4) is 0 Å². The van der Waals surface area contributed by atoms with Crippen LogP contribution in [0.2, 0.25) is 30.1 Å².